The highest BCUT2D eigenvalue weighted by molar-refractivity contribution is 7.13. The van der Waals surface area contributed by atoms with Crippen LogP contribution in [0.3, 0.4) is 0 Å². The summed E-state index contributed by atoms with van der Waals surface area (Å²) in [4.78, 5) is 16.6. The molecular weight excluding hydrogens is 392 g/mol. The average Bonchev–Trinajstić information content (AvgIpc) is 3.22. The zero-order valence-corrected chi connectivity index (χ0v) is 16.9. The van der Waals surface area contributed by atoms with Crippen molar-refractivity contribution < 1.29 is 20.1 Å². The van der Waals surface area contributed by atoms with Gasteiger partial charge in [-0.05, 0) is 43.0 Å². The molecule has 3 aromatic rings. The average molecular weight is 416 g/mol. The number of fused-ring (bicyclic) bond motifs is 1. The van der Waals surface area contributed by atoms with E-state index in [4.69, 9.17) is 4.74 Å². The molecule has 7 nitrogen and oxygen atoms in total. The maximum atomic E-state index is 12.7. The molecule has 0 aliphatic carbocycles. The molecule has 0 radical (unpaired) electrons. The molecule has 1 aliphatic heterocycles. The van der Waals surface area contributed by atoms with Gasteiger partial charge in [-0.25, -0.2) is 0 Å². The lowest BCUT2D eigenvalue weighted by atomic mass is 9.93. The summed E-state index contributed by atoms with van der Waals surface area (Å²) >= 11 is 1.53. The minimum atomic E-state index is -1.19. The molecule has 1 fully saturated rings. The number of anilines is 1. The van der Waals surface area contributed by atoms with E-state index in [1.807, 2.05) is 42.6 Å². The number of aliphatic hydroxyl groups excluding tert-OH is 3. The molecule has 1 aliphatic rings. The van der Waals surface area contributed by atoms with Crippen LogP contribution in [0.5, 0.6) is 0 Å². The van der Waals surface area contributed by atoms with E-state index in [0.717, 1.165) is 15.8 Å². The summed E-state index contributed by atoms with van der Waals surface area (Å²) in [5.41, 5.74) is 2.81. The van der Waals surface area contributed by atoms with Gasteiger partial charge in [-0.2, -0.15) is 0 Å². The number of H-pyrrole nitrogens is 1. The summed E-state index contributed by atoms with van der Waals surface area (Å²) < 4.78 is 5.61. The summed E-state index contributed by atoms with van der Waals surface area (Å²) in [7, 11) is 0. The number of nitrogens with one attached hydrogen (secondary N) is 2. The molecule has 0 amide bonds. The molecule has 29 heavy (non-hydrogen) atoms. The van der Waals surface area contributed by atoms with Crippen LogP contribution in [-0.2, 0) is 4.74 Å². The Bertz CT molecular complexity index is 1060. The van der Waals surface area contributed by atoms with Crippen molar-refractivity contribution in [3.05, 3.63) is 51.6 Å². The van der Waals surface area contributed by atoms with Crippen LogP contribution in [-0.4, -0.2) is 57.4 Å². The van der Waals surface area contributed by atoms with Crippen LogP contribution < -0.4 is 10.9 Å². The van der Waals surface area contributed by atoms with Gasteiger partial charge >= 0.3 is 0 Å². The number of ether oxygens (including phenoxy) is 1. The second-order valence-electron chi connectivity index (χ2n) is 7.41. The first-order valence-corrected chi connectivity index (χ1v) is 10.4. The maximum absolute atomic E-state index is 12.7. The topological polar surface area (TPSA) is 115 Å². The molecule has 0 spiro atoms. The van der Waals surface area contributed by atoms with Crippen molar-refractivity contribution in [1.82, 2.24) is 4.98 Å². The Morgan fingerprint density at radius 3 is 2.72 bits per heavy atom. The fourth-order valence-corrected chi connectivity index (χ4v) is 4.79. The lowest BCUT2D eigenvalue weighted by Crippen LogP contribution is -2.60. The van der Waals surface area contributed by atoms with Gasteiger partial charge in [-0.15, -0.1) is 11.3 Å². The quantitative estimate of drug-likeness (QED) is 0.443. The monoisotopic (exact) mass is 416 g/mol. The molecule has 5 N–H and O–H groups in total. The van der Waals surface area contributed by atoms with Crippen molar-refractivity contribution in [2.45, 2.75) is 44.3 Å². The molecule has 1 saturated heterocycles. The van der Waals surface area contributed by atoms with Crippen LogP contribution in [0.15, 0.2) is 40.5 Å². The number of aryl methyl sites for hydroxylation is 1. The third kappa shape index (κ3) is 3.58. The van der Waals surface area contributed by atoms with Crippen molar-refractivity contribution in [3.8, 4) is 10.4 Å². The van der Waals surface area contributed by atoms with Crippen LogP contribution in [0, 0.1) is 6.92 Å². The first kappa shape index (κ1) is 20.1. The Balaban J connectivity index is 1.66. The number of thiophene rings is 1. The smallest absolute Gasteiger partial charge is 0.257 e. The van der Waals surface area contributed by atoms with Gasteiger partial charge in [0.05, 0.1) is 29.8 Å². The molecule has 8 heteroatoms. The van der Waals surface area contributed by atoms with E-state index in [0.29, 0.717) is 16.8 Å². The highest BCUT2D eigenvalue weighted by atomic mass is 32.1. The van der Waals surface area contributed by atoms with E-state index in [9.17, 15) is 20.1 Å². The van der Waals surface area contributed by atoms with E-state index < -0.39 is 30.5 Å². The Hall–Kier alpha value is -2.23. The van der Waals surface area contributed by atoms with E-state index in [1.54, 1.807) is 6.92 Å². The fraction of sp³-hybridized carbons (Fsp3) is 0.381. The van der Waals surface area contributed by atoms with Crippen LogP contribution in [0.2, 0.25) is 0 Å². The van der Waals surface area contributed by atoms with Crippen molar-refractivity contribution in [2.24, 2.45) is 0 Å². The molecular formula is C21H24N2O5S. The van der Waals surface area contributed by atoms with Crippen molar-refractivity contribution in [2.75, 3.05) is 11.9 Å². The summed E-state index contributed by atoms with van der Waals surface area (Å²) in [6, 6.07) is 8.89. The molecule has 2 aromatic heterocycles. The number of benzene rings is 1. The lowest BCUT2D eigenvalue weighted by Gasteiger charge is -2.41. The van der Waals surface area contributed by atoms with Gasteiger partial charge in [-0.3, -0.25) is 4.79 Å². The zero-order valence-electron chi connectivity index (χ0n) is 16.1. The van der Waals surface area contributed by atoms with Crippen LogP contribution in [0.4, 0.5) is 5.69 Å². The Labute approximate surface area is 171 Å². The van der Waals surface area contributed by atoms with Gasteiger partial charge in [0, 0.05) is 16.0 Å². The van der Waals surface area contributed by atoms with Crippen LogP contribution in [0.1, 0.15) is 12.5 Å². The maximum Gasteiger partial charge on any atom is 0.257 e. The van der Waals surface area contributed by atoms with Gasteiger partial charge in [0.15, 0.2) is 0 Å². The second-order valence-corrected chi connectivity index (χ2v) is 8.35. The summed E-state index contributed by atoms with van der Waals surface area (Å²) in [5, 5.41) is 36.0. The van der Waals surface area contributed by atoms with E-state index in [-0.39, 0.29) is 12.2 Å². The van der Waals surface area contributed by atoms with Gasteiger partial charge in [0.25, 0.3) is 5.56 Å². The molecule has 0 saturated carbocycles. The molecule has 0 bridgehead atoms. The predicted octanol–water partition coefficient (Wildman–Crippen LogP) is 1.85. The third-order valence-electron chi connectivity index (χ3n) is 5.55. The zero-order chi connectivity index (χ0) is 20.7. The highest BCUT2D eigenvalue weighted by Gasteiger charge is 2.42. The second kappa shape index (κ2) is 7.89. The number of hydrogen-bond acceptors (Lipinski definition) is 7. The first-order chi connectivity index (χ1) is 13.9. The first-order valence-electron chi connectivity index (χ1n) is 9.50. The van der Waals surface area contributed by atoms with E-state index in [1.165, 1.54) is 11.3 Å². The lowest BCUT2D eigenvalue weighted by molar-refractivity contribution is -0.180. The Kier molecular flexibility index (Phi) is 5.46. The standard InChI is InChI=1S/C21H24N2O5S/c1-10-13-6-5-12(22-18-11(2)28-15(9-24)19(25)20(18)26)8-14(13)23-21(27)17(10)16-4-3-7-29-16/h3-8,11,15,18-20,22,24-26H,9H2,1-2H3,(H,23,27). The van der Waals surface area contributed by atoms with Crippen LogP contribution in [0.25, 0.3) is 21.3 Å². The van der Waals surface area contributed by atoms with Crippen molar-refractivity contribution >= 4 is 27.9 Å². The largest absolute Gasteiger partial charge is 0.394 e. The van der Waals surface area contributed by atoms with E-state index in [2.05, 4.69) is 10.3 Å². The van der Waals surface area contributed by atoms with E-state index >= 15 is 0 Å². The number of rotatable bonds is 4. The van der Waals surface area contributed by atoms with Gasteiger partial charge in [-0.1, -0.05) is 12.1 Å². The minimum Gasteiger partial charge on any atom is -0.394 e. The SMILES string of the molecule is Cc1c(-c2cccs2)c(=O)[nH]c2cc(NC3C(C)OC(CO)C(O)C3O)ccc12. The number of aromatic amines is 1. The summed E-state index contributed by atoms with van der Waals surface area (Å²) in [6.45, 7) is 3.35. The minimum absolute atomic E-state index is 0.148. The van der Waals surface area contributed by atoms with Crippen molar-refractivity contribution in [1.29, 1.82) is 0 Å². The fourth-order valence-electron chi connectivity index (χ4n) is 3.97. The van der Waals surface area contributed by atoms with Gasteiger partial charge < -0.3 is 30.4 Å². The van der Waals surface area contributed by atoms with Gasteiger partial charge in [0.1, 0.15) is 18.3 Å². The summed E-state index contributed by atoms with van der Waals surface area (Å²) in [6.07, 6.45) is -3.54. The van der Waals surface area contributed by atoms with Crippen LogP contribution >= 0.6 is 11.3 Å². The molecule has 3 heterocycles. The molecule has 5 unspecified atom stereocenters. The normalized spacial score (nSPS) is 27.3. The Morgan fingerprint density at radius 2 is 2.03 bits per heavy atom. The highest BCUT2D eigenvalue weighted by Crippen LogP contribution is 2.30. The number of aromatic nitrogens is 1. The number of aliphatic hydroxyl groups is 3. The molecule has 5 atom stereocenters. The predicted molar refractivity (Wildman–Crippen MR) is 113 cm³/mol. The van der Waals surface area contributed by atoms with Crippen molar-refractivity contribution in [3.63, 3.8) is 0 Å². The molecule has 154 valence electrons. The van der Waals surface area contributed by atoms with Gasteiger partial charge in [0.2, 0.25) is 0 Å². The number of hydrogen-bond donors (Lipinski definition) is 5. The Morgan fingerprint density at radius 1 is 1.24 bits per heavy atom. The summed E-state index contributed by atoms with van der Waals surface area (Å²) in [5.74, 6) is 0. The molecule has 1 aromatic carbocycles. The molecule has 4 rings (SSSR count). The third-order valence-corrected chi connectivity index (χ3v) is 6.44. The number of pyridine rings is 1.